The van der Waals surface area contributed by atoms with E-state index in [4.69, 9.17) is 23.2 Å². The average Bonchev–Trinajstić information content (AvgIpc) is 3.33. The average molecular weight is 387 g/mol. The van der Waals surface area contributed by atoms with E-state index < -0.39 is 0 Å². The highest BCUT2D eigenvalue weighted by Gasteiger charge is 2.08. The van der Waals surface area contributed by atoms with Gasteiger partial charge in [-0.25, -0.2) is 4.68 Å². The van der Waals surface area contributed by atoms with Crippen LogP contribution in [0.1, 0.15) is 5.69 Å². The number of benzene rings is 2. The Balaban J connectivity index is 1.43. The first-order valence-corrected chi connectivity index (χ1v) is 8.39. The number of hydrogen-bond acceptors (Lipinski definition) is 6. The summed E-state index contributed by atoms with van der Waals surface area (Å²) in [6.45, 7) is 0.521. The molecule has 0 fully saturated rings. The number of aromatic amines is 1. The minimum atomic E-state index is 0.513. The first-order valence-electron chi connectivity index (χ1n) is 7.63. The molecule has 0 aliphatic heterocycles. The molecule has 0 atom stereocenters. The number of H-pyrrole nitrogens is 1. The van der Waals surface area contributed by atoms with Crippen molar-refractivity contribution in [3.63, 3.8) is 0 Å². The highest BCUT2D eigenvalue weighted by molar-refractivity contribution is 6.35. The van der Waals surface area contributed by atoms with E-state index >= 15 is 0 Å². The molecule has 4 rings (SSSR count). The van der Waals surface area contributed by atoms with Crippen LogP contribution < -0.4 is 5.32 Å². The number of anilines is 1. The molecule has 26 heavy (non-hydrogen) atoms. The minimum Gasteiger partial charge on any atom is -0.379 e. The van der Waals surface area contributed by atoms with Gasteiger partial charge in [-0.05, 0) is 47.7 Å². The maximum Gasteiger partial charge on any atom is 0.204 e. The summed E-state index contributed by atoms with van der Waals surface area (Å²) in [5.41, 5.74) is 3.32. The zero-order valence-corrected chi connectivity index (χ0v) is 14.8. The molecule has 0 aliphatic carbocycles. The molecular formula is C16H12Cl2N8. The monoisotopic (exact) mass is 386 g/mol. The lowest BCUT2D eigenvalue weighted by atomic mass is 10.2. The fourth-order valence-corrected chi connectivity index (χ4v) is 2.87. The van der Waals surface area contributed by atoms with Gasteiger partial charge in [-0.2, -0.15) is 5.21 Å². The van der Waals surface area contributed by atoms with Crippen LogP contribution in [0.15, 0.2) is 48.7 Å². The molecule has 0 radical (unpaired) electrons. The number of aromatic nitrogens is 7. The predicted molar refractivity (Wildman–Crippen MR) is 98.3 cm³/mol. The summed E-state index contributed by atoms with van der Waals surface area (Å²) in [6, 6.07) is 12.9. The van der Waals surface area contributed by atoms with Gasteiger partial charge >= 0.3 is 0 Å². The number of nitrogens with one attached hydrogen (secondary N) is 2. The van der Waals surface area contributed by atoms with Gasteiger partial charge in [0, 0.05) is 16.3 Å². The van der Waals surface area contributed by atoms with Crippen molar-refractivity contribution < 1.29 is 0 Å². The molecule has 2 aromatic carbocycles. The first kappa shape index (κ1) is 16.5. The Morgan fingerprint density at radius 3 is 2.62 bits per heavy atom. The number of halogens is 2. The maximum absolute atomic E-state index is 6.20. The smallest absolute Gasteiger partial charge is 0.204 e. The van der Waals surface area contributed by atoms with Crippen molar-refractivity contribution in [1.82, 2.24) is 35.6 Å². The second-order valence-electron chi connectivity index (χ2n) is 5.42. The van der Waals surface area contributed by atoms with Crippen molar-refractivity contribution in [2.75, 3.05) is 5.32 Å². The lowest BCUT2D eigenvalue weighted by Crippen LogP contribution is -1.99. The van der Waals surface area contributed by atoms with E-state index in [0.29, 0.717) is 22.4 Å². The van der Waals surface area contributed by atoms with E-state index in [0.717, 1.165) is 22.6 Å². The zero-order valence-electron chi connectivity index (χ0n) is 13.3. The Bertz CT molecular complexity index is 1010. The van der Waals surface area contributed by atoms with Crippen LogP contribution >= 0.6 is 23.2 Å². The van der Waals surface area contributed by atoms with Gasteiger partial charge in [0.25, 0.3) is 0 Å². The van der Waals surface area contributed by atoms with Crippen molar-refractivity contribution in [3.8, 4) is 17.1 Å². The Hall–Kier alpha value is -2.97. The molecule has 0 amide bonds. The topological polar surface area (TPSA) is 97.2 Å². The van der Waals surface area contributed by atoms with E-state index in [1.54, 1.807) is 22.9 Å². The third-order valence-corrected chi connectivity index (χ3v) is 4.20. The number of rotatable bonds is 5. The molecule has 0 saturated carbocycles. The number of hydrogen-bond donors (Lipinski definition) is 2. The molecule has 0 bridgehead atoms. The largest absolute Gasteiger partial charge is 0.379 e. The molecule has 2 N–H and O–H groups in total. The molecule has 0 spiro atoms. The lowest BCUT2D eigenvalue weighted by Gasteiger charge is -2.05. The molecule has 0 saturated heterocycles. The van der Waals surface area contributed by atoms with Crippen LogP contribution in [0.3, 0.4) is 0 Å². The van der Waals surface area contributed by atoms with Crippen molar-refractivity contribution in [1.29, 1.82) is 0 Å². The fourth-order valence-electron chi connectivity index (χ4n) is 2.38. The van der Waals surface area contributed by atoms with Crippen LogP contribution in [0, 0.1) is 0 Å². The lowest BCUT2D eigenvalue weighted by molar-refractivity contribution is 0.798. The van der Waals surface area contributed by atoms with Gasteiger partial charge in [-0.3, -0.25) is 0 Å². The number of tetrazole rings is 1. The predicted octanol–water partition coefficient (Wildman–Crippen LogP) is 3.37. The molecule has 130 valence electrons. The quantitative estimate of drug-likeness (QED) is 0.545. The summed E-state index contributed by atoms with van der Waals surface area (Å²) in [5.74, 6) is 0.555. The molecule has 2 aromatic heterocycles. The van der Waals surface area contributed by atoms with Crippen LogP contribution in [0.25, 0.3) is 17.1 Å². The summed E-state index contributed by atoms with van der Waals surface area (Å²) >= 11 is 12.1. The Kier molecular flexibility index (Phi) is 4.51. The minimum absolute atomic E-state index is 0.513. The van der Waals surface area contributed by atoms with Crippen molar-refractivity contribution in [3.05, 3.63) is 64.4 Å². The van der Waals surface area contributed by atoms with E-state index in [-0.39, 0.29) is 0 Å². The highest BCUT2D eigenvalue weighted by atomic mass is 35.5. The van der Waals surface area contributed by atoms with Gasteiger partial charge in [0.15, 0.2) is 0 Å². The van der Waals surface area contributed by atoms with Gasteiger partial charge in [0.05, 0.1) is 23.5 Å². The molecule has 0 unspecified atom stereocenters. The van der Waals surface area contributed by atoms with E-state index in [9.17, 15) is 0 Å². The molecule has 0 aliphatic rings. The van der Waals surface area contributed by atoms with Crippen molar-refractivity contribution in [2.45, 2.75) is 6.54 Å². The summed E-state index contributed by atoms with van der Waals surface area (Å²) in [6.07, 6.45) is 1.82. The van der Waals surface area contributed by atoms with Gasteiger partial charge in [0.1, 0.15) is 5.69 Å². The van der Waals surface area contributed by atoms with Crippen LogP contribution in [0.2, 0.25) is 10.0 Å². The summed E-state index contributed by atoms with van der Waals surface area (Å²) < 4.78 is 1.62. The van der Waals surface area contributed by atoms with Crippen LogP contribution in [-0.2, 0) is 6.54 Å². The van der Waals surface area contributed by atoms with Crippen LogP contribution in [0.4, 0.5) is 5.69 Å². The summed E-state index contributed by atoms with van der Waals surface area (Å²) in [4.78, 5) is 0. The third-order valence-electron chi connectivity index (χ3n) is 3.66. The molecule has 10 heteroatoms. The summed E-state index contributed by atoms with van der Waals surface area (Å²) in [5, 5.41) is 26.5. The van der Waals surface area contributed by atoms with Gasteiger partial charge in [-0.1, -0.05) is 28.4 Å². The fraction of sp³-hybridized carbons (Fsp3) is 0.0625. The van der Waals surface area contributed by atoms with Gasteiger partial charge < -0.3 is 5.32 Å². The molecular weight excluding hydrogens is 375 g/mol. The maximum atomic E-state index is 6.20. The standard InChI is InChI=1S/C16H12Cl2N8/c17-11-3-6-15(14(18)7-11)26-9-13(20-25-26)8-19-12-4-1-10(2-5-12)16-21-23-24-22-16/h1-7,9,19H,8H2,(H,21,22,23,24). The SMILES string of the molecule is Clc1ccc(-n2cc(CNc3ccc(-c4nn[nH]n4)cc3)nn2)c(Cl)c1. The Morgan fingerprint density at radius 2 is 1.88 bits per heavy atom. The number of nitrogens with zero attached hydrogens (tertiary/aromatic N) is 6. The second-order valence-corrected chi connectivity index (χ2v) is 6.26. The zero-order chi connectivity index (χ0) is 17.9. The third kappa shape index (κ3) is 3.51. The van der Waals surface area contributed by atoms with Gasteiger partial charge in [-0.15, -0.1) is 15.3 Å². The van der Waals surface area contributed by atoms with Crippen molar-refractivity contribution in [2.24, 2.45) is 0 Å². The van der Waals surface area contributed by atoms with Crippen LogP contribution in [0.5, 0.6) is 0 Å². The van der Waals surface area contributed by atoms with Crippen molar-refractivity contribution >= 4 is 28.9 Å². The second kappa shape index (κ2) is 7.11. The molecule has 2 heterocycles. The highest BCUT2D eigenvalue weighted by Crippen LogP contribution is 2.24. The van der Waals surface area contributed by atoms with E-state index in [2.05, 4.69) is 36.3 Å². The van der Waals surface area contributed by atoms with Crippen LogP contribution in [-0.4, -0.2) is 35.6 Å². The Morgan fingerprint density at radius 1 is 1.04 bits per heavy atom. The normalized spacial score (nSPS) is 10.8. The van der Waals surface area contributed by atoms with Gasteiger partial charge in [0.2, 0.25) is 5.82 Å². The first-order chi connectivity index (χ1) is 12.7. The van der Waals surface area contributed by atoms with E-state index in [1.165, 1.54) is 0 Å². The molecule has 4 aromatic rings. The van der Waals surface area contributed by atoms with E-state index in [1.807, 2.05) is 30.5 Å². The Labute approximate surface area is 158 Å². The summed E-state index contributed by atoms with van der Waals surface area (Å²) in [7, 11) is 0. The molecule has 8 nitrogen and oxygen atoms in total.